The zero-order valence-electron chi connectivity index (χ0n) is 18.9. The first-order valence-corrected chi connectivity index (χ1v) is 10.6. The van der Waals surface area contributed by atoms with Gasteiger partial charge in [-0.2, -0.15) is 5.10 Å². The Kier molecular flexibility index (Phi) is 7.50. The number of halogens is 1. The summed E-state index contributed by atoms with van der Waals surface area (Å²) in [4.78, 5) is 38.1. The molecule has 1 aromatic heterocycles. The molecule has 9 heteroatoms. The minimum atomic E-state index is -0.727. The minimum absolute atomic E-state index is 0.128. The van der Waals surface area contributed by atoms with Gasteiger partial charge in [-0.25, -0.2) is 9.48 Å². The van der Waals surface area contributed by atoms with Crippen molar-refractivity contribution in [1.29, 1.82) is 0 Å². The maximum Gasteiger partial charge on any atom is 0.343 e. The molecule has 0 saturated heterocycles. The van der Waals surface area contributed by atoms with Crippen LogP contribution in [0.2, 0.25) is 5.15 Å². The molecule has 0 unspecified atom stereocenters. The van der Waals surface area contributed by atoms with E-state index in [0.717, 1.165) is 11.1 Å². The van der Waals surface area contributed by atoms with Crippen molar-refractivity contribution in [1.82, 2.24) is 14.7 Å². The number of rotatable bonds is 7. The number of hydrogen-bond donors (Lipinski definition) is 1. The topological polar surface area (TPSA) is 93.5 Å². The third-order valence-electron chi connectivity index (χ3n) is 4.88. The predicted octanol–water partition coefficient (Wildman–Crippen LogP) is 3.70. The number of nitrogens with one attached hydrogen (secondary N) is 1. The maximum atomic E-state index is 12.6. The number of nitrogens with zero attached hydrogens (tertiary/aromatic N) is 3. The SMILES string of the molecule is Cc1ccc(Cn2nc(C)c(C(=O)OCC(=O)Nc3ccc(C(=O)N(C)C)cc3)c2Cl)cc1. The van der Waals surface area contributed by atoms with E-state index in [9.17, 15) is 14.4 Å². The summed E-state index contributed by atoms with van der Waals surface area (Å²) in [6, 6.07) is 14.3. The van der Waals surface area contributed by atoms with Gasteiger partial charge < -0.3 is 15.0 Å². The fourth-order valence-electron chi connectivity index (χ4n) is 3.11. The Hall–Kier alpha value is -3.65. The molecule has 2 aromatic carbocycles. The molecule has 0 spiro atoms. The van der Waals surface area contributed by atoms with Crippen LogP contribution in [0.5, 0.6) is 0 Å². The van der Waals surface area contributed by atoms with E-state index in [-0.39, 0.29) is 16.6 Å². The molecule has 0 radical (unpaired) electrons. The van der Waals surface area contributed by atoms with Crippen molar-refractivity contribution < 1.29 is 19.1 Å². The molecule has 0 fully saturated rings. The summed E-state index contributed by atoms with van der Waals surface area (Å²) in [5.74, 6) is -1.39. The third kappa shape index (κ3) is 5.98. The van der Waals surface area contributed by atoms with Crippen molar-refractivity contribution in [2.75, 3.05) is 26.0 Å². The average molecular weight is 469 g/mol. The smallest absolute Gasteiger partial charge is 0.343 e. The zero-order valence-corrected chi connectivity index (χ0v) is 19.6. The van der Waals surface area contributed by atoms with Crippen molar-refractivity contribution in [2.24, 2.45) is 0 Å². The molecule has 3 rings (SSSR count). The maximum absolute atomic E-state index is 12.6. The Bertz CT molecular complexity index is 1170. The molecule has 0 atom stereocenters. The minimum Gasteiger partial charge on any atom is -0.452 e. The van der Waals surface area contributed by atoms with E-state index in [0.29, 0.717) is 23.5 Å². The molecule has 1 N–H and O–H groups in total. The van der Waals surface area contributed by atoms with Gasteiger partial charge in [-0.3, -0.25) is 9.59 Å². The molecule has 0 aliphatic carbocycles. The first kappa shape index (κ1) is 24.0. The Labute approximate surface area is 197 Å². The van der Waals surface area contributed by atoms with Gasteiger partial charge in [0.15, 0.2) is 6.61 Å². The molecule has 172 valence electrons. The summed E-state index contributed by atoms with van der Waals surface area (Å²) >= 11 is 6.38. The molecule has 0 saturated carbocycles. The molecular weight excluding hydrogens is 444 g/mol. The van der Waals surface area contributed by atoms with Crippen LogP contribution >= 0.6 is 11.6 Å². The molecule has 0 aliphatic rings. The number of aromatic nitrogens is 2. The van der Waals surface area contributed by atoms with E-state index < -0.39 is 18.5 Å². The van der Waals surface area contributed by atoms with E-state index in [2.05, 4.69) is 10.4 Å². The lowest BCUT2D eigenvalue weighted by molar-refractivity contribution is -0.119. The van der Waals surface area contributed by atoms with Crippen molar-refractivity contribution in [3.8, 4) is 0 Å². The lowest BCUT2D eigenvalue weighted by Crippen LogP contribution is -2.22. The second-order valence-corrected chi connectivity index (χ2v) is 8.15. The van der Waals surface area contributed by atoms with Gasteiger partial charge in [-0.05, 0) is 43.7 Å². The van der Waals surface area contributed by atoms with Crippen LogP contribution in [0.3, 0.4) is 0 Å². The number of carbonyl (C=O) groups is 3. The average Bonchev–Trinajstić information content (AvgIpc) is 3.06. The fourth-order valence-corrected chi connectivity index (χ4v) is 3.42. The quantitative estimate of drug-likeness (QED) is 0.533. The number of benzene rings is 2. The second-order valence-electron chi connectivity index (χ2n) is 7.80. The van der Waals surface area contributed by atoms with Crippen molar-refractivity contribution in [2.45, 2.75) is 20.4 Å². The molecule has 0 bridgehead atoms. The summed E-state index contributed by atoms with van der Waals surface area (Å²) in [7, 11) is 3.32. The molecular formula is C24H25ClN4O4. The monoisotopic (exact) mass is 468 g/mol. The molecule has 3 aromatic rings. The number of anilines is 1. The van der Waals surface area contributed by atoms with Gasteiger partial charge in [0.05, 0.1) is 12.2 Å². The highest BCUT2D eigenvalue weighted by atomic mass is 35.5. The van der Waals surface area contributed by atoms with E-state index in [1.807, 2.05) is 31.2 Å². The number of esters is 1. The highest BCUT2D eigenvalue weighted by molar-refractivity contribution is 6.32. The number of ether oxygens (including phenoxy) is 1. The van der Waals surface area contributed by atoms with E-state index >= 15 is 0 Å². The van der Waals surface area contributed by atoms with Gasteiger partial charge >= 0.3 is 5.97 Å². The summed E-state index contributed by atoms with van der Waals surface area (Å²) in [5.41, 5.74) is 3.65. The summed E-state index contributed by atoms with van der Waals surface area (Å²) in [5, 5.41) is 7.10. The lowest BCUT2D eigenvalue weighted by Gasteiger charge is -2.11. The molecule has 33 heavy (non-hydrogen) atoms. The largest absolute Gasteiger partial charge is 0.452 e. The fraction of sp³-hybridized carbons (Fsp3) is 0.250. The second kappa shape index (κ2) is 10.3. The summed E-state index contributed by atoms with van der Waals surface area (Å²) in [6.07, 6.45) is 0. The van der Waals surface area contributed by atoms with Gasteiger partial charge in [-0.15, -0.1) is 0 Å². The van der Waals surface area contributed by atoms with Gasteiger partial charge in [0, 0.05) is 25.3 Å². The van der Waals surface area contributed by atoms with Crippen LogP contribution in [0.15, 0.2) is 48.5 Å². The number of amides is 2. The number of hydrogen-bond acceptors (Lipinski definition) is 5. The zero-order chi connectivity index (χ0) is 24.1. The highest BCUT2D eigenvalue weighted by Crippen LogP contribution is 2.22. The molecule has 8 nitrogen and oxygen atoms in total. The van der Waals surface area contributed by atoms with Crippen molar-refractivity contribution in [3.63, 3.8) is 0 Å². The number of aryl methyl sites for hydroxylation is 2. The van der Waals surface area contributed by atoms with Crippen LogP contribution in [0, 0.1) is 13.8 Å². The Balaban J connectivity index is 1.59. The van der Waals surface area contributed by atoms with Crippen LogP contribution in [-0.2, 0) is 16.1 Å². The first-order valence-electron chi connectivity index (χ1n) is 10.2. The molecule has 0 aliphatic heterocycles. The van der Waals surface area contributed by atoms with E-state index in [4.69, 9.17) is 16.3 Å². The molecule has 2 amide bonds. The normalized spacial score (nSPS) is 10.6. The van der Waals surface area contributed by atoms with Crippen LogP contribution in [0.1, 0.15) is 37.5 Å². The number of carbonyl (C=O) groups excluding carboxylic acids is 3. The van der Waals surface area contributed by atoms with Gasteiger partial charge in [-0.1, -0.05) is 41.4 Å². The standard InChI is InChI=1S/C24H25ClN4O4/c1-15-5-7-17(8-6-15)13-29-22(25)21(16(2)27-29)24(32)33-14-20(30)26-19-11-9-18(10-12-19)23(31)28(3)4/h5-12H,13-14H2,1-4H3,(H,26,30). The lowest BCUT2D eigenvalue weighted by atomic mass is 10.1. The van der Waals surface area contributed by atoms with Gasteiger partial charge in [0.2, 0.25) is 0 Å². The molecule has 1 heterocycles. The van der Waals surface area contributed by atoms with Crippen LogP contribution in [-0.4, -0.2) is 53.2 Å². The van der Waals surface area contributed by atoms with Gasteiger partial charge in [0.1, 0.15) is 10.7 Å². The van der Waals surface area contributed by atoms with E-state index in [1.165, 1.54) is 9.58 Å². The van der Waals surface area contributed by atoms with Crippen LogP contribution in [0.25, 0.3) is 0 Å². The Morgan fingerprint density at radius 1 is 1.03 bits per heavy atom. The van der Waals surface area contributed by atoms with Gasteiger partial charge in [0.25, 0.3) is 11.8 Å². The van der Waals surface area contributed by atoms with Crippen molar-refractivity contribution in [3.05, 3.63) is 81.6 Å². The third-order valence-corrected chi connectivity index (χ3v) is 5.26. The first-order chi connectivity index (χ1) is 15.7. The Morgan fingerprint density at radius 2 is 1.67 bits per heavy atom. The predicted molar refractivity (Wildman–Crippen MR) is 126 cm³/mol. The van der Waals surface area contributed by atoms with E-state index in [1.54, 1.807) is 45.3 Å². The van der Waals surface area contributed by atoms with Crippen molar-refractivity contribution >= 4 is 35.1 Å². The highest BCUT2D eigenvalue weighted by Gasteiger charge is 2.22. The Morgan fingerprint density at radius 3 is 2.27 bits per heavy atom. The van der Waals surface area contributed by atoms with Crippen LogP contribution in [0.4, 0.5) is 5.69 Å². The summed E-state index contributed by atoms with van der Waals surface area (Å²) < 4.78 is 6.67. The summed E-state index contributed by atoms with van der Waals surface area (Å²) in [6.45, 7) is 3.57. The van der Waals surface area contributed by atoms with Crippen LogP contribution < -0.4 is 5.32 Å².